The summed E-state index contributed by atoms with van der Waals surface area (Å²) in [5, 5.41) is 0. The van der Waals surface area contributed by atoms with Crippen LogP contribution in [-0.4, -0.2) is 48.4 Å². The number of rotatable bonds is 4. The van der Waals surface area contributed by atoms with E-state index in [1.807, 2.05) is 41.8 Å². The van der Waals surface area contributed by atoms with Crippen molar-refractivity contribution in [1.29, 1.82) is 0 Å². The second kappa shape index (κ2) is 7.26. The van der Waals surface area contributed by atoms with Crippen LogP contribution in [0.2, 0.25) is 0 Å². The van der Waals surface area contributed by atoms with Crippen molar-refractivity contribution in [2.75, 3.05) is 13.1 Å². The quantitative estimate of drug-likeness (QED) is 0.712. The van der Waals surface area contributed by atoms with Crippen molar-refractivity contribution in [2.24, 2.45) is 13.0 Å². The first kappa shape index (κ1) is 17.3. The fraction of sp³-hybridized carbons (Fsp3) is 0.350. The standard InChI is InChI=1S/C20H22N6O/c1-14-3-4-16(10-23-14)20(27)26-7-5-15(13-26)9-17-11-21-12-18(24-17)19-22-6-8-25(19)2/h3-4,6,8,10-12,15H,5,7,9,13H2,1-2H3/t15-/m0/s1. The SMILES string of the molecule is Cc1ccc(C(=O)N2CC[C@@H](Cc3cncc(-c4nccn4C)n3)C2)cn1. The van der Waals surface area contributed by atoms with Gasteiger partial charge in [-0.2, -0.15) is 0 Å². The van der Waals surface area contributed by atoms with Crippen LogP contribution < -0.4 is 0 Å². The van der Waals surface area contributed by atoms with Crippen molar-refractivity contribution in [3.8, 4) is 11.5 Å². The molecule has 0 unspecified atom stereocenters. The van der Waals surface area contributed by atoms with E-state index in [0.29, 0.717) is 11.5 Å². The molecule has 0 N–H and O–H groups in total. The molecule has 1 aliphatic heterocycles. The lowest BCUT2D eigenvalue weighted by Gasteiger charge is -2.16. The molecule has 1 fully saturated rings. The predicted octanol–water partition coefficient (Wildman–Crippen LogP) is 2.29. The van der Waals surface area contributed by atoms with Crippen molar-refractivity contribution < 1.29 is 4.79 Å². The second-order valence-corrected chi connectivity index (χ2v) is 7.06. The largest absolute Gasteiger partial charge is 0.338 e. The summed E-state index contributed by atoms with van der Waals surface area (Å²) in [7, 11) is 1.94. The molecule has 0 spiro atoms. The van der Waals surface area contributed by atoms with E-state index in [0.717, 1.165) is 48.8 Å². The molecule has 0 bridgehead atoms. The van der Waals surface area contributed by atoms with Gasteiger partial charge in [-0.3, -0.25) is 14.8 Å². The monoisotopic (exact) mass is 362 g/mol. The first-order chi connectivity index (χ1) is 13.1. The van der Waals surface area contributed by atoms with Crippen molar-refractivity contribution in [1.82, 2.24) is 29.4 Å². The highest BCUT2D eigenvalue weighted by atomic mass is 16.2. The van der Waals surface area contributed by atoms with Crippen LogP contribution in [-0.2, 0) is 13.5 Å². The van der Waals surface area contributed by atoms with Gasteiger partial charge < -0.3 is 9.47 Å². The molecule has 4 rings (SSSR count). The van der Waals surface area contributed by atoms with E-state index in [9.17, 15) is 4.79 Å². The number of likely N-dealkylation sites (tertiary alicyclic amines) is 1. The minimum absolute atomic E-state index is 0.0536. The topological polar surface area (TPSA) is 76.8 Å². The zero-order chi connectivity index (χ0) is 18.8. The van der Waals surface area contributed by atoms with E-state index in [-0.39, 0.29) is 5.91 Å². The van der Waals surface area contributed by atoms with E-state index < -0.39 is 0 Å². The van der Waals surface area contributed by atoms with Crippen LogP contribution >= 0.6 is 0 Å². The van der Waals surface area contributed by atoms with E-state index in [1.54, 1.807) is 24.8 Å². The van der Waals surface area contributed by atoms with Gasteiger partial charge >= 0.3 is 0 Å². The number of aryl methyl sites for hydroxylation is 2. The van der Waals surface area contributed by atoms with Gasteiger partial charge in [0.2, 0.25) is 0 Å². The fourth-order valence-corrected chi connectivity index (χ4v) is 3.48. The van der Waals surface area contributed by atoms with Crippen LogP contribution in [0, 0.1) is 12.8 Å². The minimum atomic E-state index is 0.0536. The van der Waals surface area contributed by atoms with E-state index in [4.69, 9.17) is 4.98 Å². The Balaban J connectivity index is 1.42. The van der Waals surface area contributed by atoms with Gasteiger partial charge in [-0.15, -0.1) is 0 Å². The summed E-state index contributed by atoms with van der Waals surface area (Å²) in [5.74, 6) is 1.25. The third-order valence-electron chi connectivity index (χ3n) is 4.96. The molecular formula is C20H22N6O. The third-order valence-corrected chi connectivity index (χ3v) is 4.96. The molecule has 7 nitrogen and oxygen atoms in total. The molecule has 3 aromatic rings. The van der Waals surface area contributed by atoms with Crippen molar-refractivity contribution in [3.63, 3.8) is 0 Å². The Morgan fingerprint density at radius 1 is 1.22 bits per heavy atom. The molecule has 0 saturated carbocycles. The average molecular weight is 362 g/mol. The molecule has 0 aliphatic carbocycles. The number of hydrogen-bond acceptors (Lipinski definition) is 5. The van der Waals surface area contributed by atoms with Crippen molar-refractivity contribution in [3.05, 3.63) is 60.1 Å². The molecule has 1 saturated heterocycles. The number of carbonyl (C=O) groups excluding carboxylic acids is 1. The zero-order valence-corrected chi connectivity index (χ0v) is 15.5. The number of hydrogen-bond donors (Lipinski definition) is 0. The first-order valence-corrected chi connectivity index (χ1v) is 9.10. The van der Waals surface area contributed by atoms with E-state index in [1.165, 1.54) is 0 Å². The Morgan fingerprint density at radius 2 is 2.11 bits per heavy atom. The lowest BCUT2D eigenvalue weighted by Crippen LogP contribution is -2.29. The van der Waals surface area contributed by atoms with Gasteiger partial charge in [0, 0.05) is 50.6 Å². The maximum atomic E-state index is 12.7. The Bertz CT molecular complexity index is 949. The molecule has 1 atom stereocenters. The van der Waals surface area contributed by atoms with Crippen LogP contribution in [0.15, 0.2) is 43.1 Å². The summed E-state index contributed by atoms with van der Waals surface area (Å²) in [6.07, 6.45) is 10.6. The highest BCUT2D eigenvalue weighted by Crippen LogP contribution is 2.22. The molecule has 27 heavy (non-hydrogen) atoms. The van der Waals surface area contributed by atoms with Gasteiger partial charge in [-0.1, -0.05) is 0 Å². The number of aromatic nitrogens is 5. The van der Waals surface area contributed by atoms with Gasteiger partial charge in [0.25, 0.3) is 5.91 Å². The number of nitrogens with zero attached hydrogens (tertiary/aromatic N) is 6. The van der Waals surface area contributed by atoms with Crippen molar-refractivity contribution in [2.45, 2.75) is 19.8 Å². The molecule has 3 aromatic heterocycles. The number of amides is 1. The number of imidazole rings is 1. The summed E-state index contributed by atoms with van der Waals surface area (Å²) in [6.45, 7) is 3.42. The summed E-state index contributed by atoms with van der Waals surface area (Å²) >= 11 is 0. The summed E-state index contributed by atoms with van der Waals surface area (Å²) in [5.41, 5.74) is 3.28. The smallest absolute Gasteiger partial charge is 0.255 e. The lowest BCUT2D eigenvalue weighted by molar-refractivity contribution is 0.0786. The summed E-state index contributed by atoms with van der Waals surface area (Å²) in [6, 6.07) is 3.72. The van der Waals surface area contributed by atoms with E-state index >= 15 is 0 Å². The van der Waals surface area contributed by atoms with Crippen molar-refractivity contribution >= 4 is 5.91 Å². The lowest BCUT2D eigenvalue weighted by atomic mass is 10.0. The maximum absolute atomic E-state index is 12.7. The van der Waals surface area contributed by atoms with Crippen LogP contribution in [0.3, 0.4) is 0 Å². The highest BCUT2D eigenvalue weighted by molar-refractivity contribution is 5.94. The van der Waals surface area contributed by atoms with Crippen LogP contribution in [0.25, 0.3) is 11.5 Å². The first-order valence-electron chi connectivity index (χ1n) is 9.10. The van der Waals surface area contributed by atoms with Crippen LogP contribution in [0.1, 0.15) is 28.2 Å². The number of carbonyl (C=O) groups is 1. The van der Waals surface area contributed by atoms with Gasteiger partial charge in [0.1, 0.15) is 5.69 Å². The van der Waals surface area contributed by atoms with Gasteiger partial charge in [0.15, 0.2) is 5.82 Å². The Kier molecular flexibility index (Phi) is 4.66. The zero-order valence-electron chi connectivity index (χ0n) is 15.5. The van der Waals surface area contributed by atoms with Gasteiger partial charge in [-0.25, -0.2) is 9.97 Å². The maximum Gasteiger partial charge on any atom is 0.255 e. The van der Waals surface area contributed by atoms with Crippen LogP contribution in [0.5, 0.6) is 0 Å². The molecule has 0 radical (unpaired) electrons. The molecule has 4 heterocycles. The molecule has 7 heteroatoms. The Morgan fingerprint density at radius 3 is 2.85 bits per heavy atom. The molecule has 0 aromatic carbocycles. The second-order valence-electron chi connectivity index (χ2n) is 7.06. The molecule has 1 amide bonds. The predicted molar refractivity (Wildman–Crippen MR) is 101 cm³/mol. The molecule has 1 aliphatic rings. The fourth-order valence-electron chi connectivity index (χ4n) is 3.48. The van der Waals surface area contributed by atoms with E-state index in [2.05, 4.69) is 15.0 Å². The average Bonchev–Trinajstić information content (AvgIpc) is 3.31. The van der Waals surface area contributed by atoms with Crippen LogP contribution in [0.4, 0.5) is 0 Å². The minimum Gasteiger partial charge on any atom is -0.338 e. The summed E-state index contributed by atoms with van der Waals surface area (Å²) in [4.78, 5) is 32.2. The highest BCUT2D eigenvalue weighted by Gasteiger charge is 2.27. The van der Waals surface area contributed by atoms with Gasteiger partial charge in [-0.05, 0) is 37.8 Å². The summed E-state index contributed by atoms with van der Waals surface area (Å²) < 4.78 is 1.93. The molecular weight excluding hydrogens is 340 g/mol. The number of pyridine rings is 1. The molecule has 138 valence electrons. The normalized spacial score (nSPS) is 16.7. The van der Waals surface area contributed by atoms with Gasteiger partial charge in [0.05, 0.1) is 17.5 Å². The Labute approximate surface area is 158 Å². The third kappa shape index (κ3) is 3.72. The Hall–Kier alpha value is -3.09.